The van der Waals surface area contributed by atoms with E-state index in [-0.39, 0.29) is 11.6 Å². The molecule has 0 amide bonds. The maximum Gasteiger partial charge on any atom is 0.127 e. The summed E-state index contributed by atoms with van der Waals surface area (Å²) in [5.41, 5.74) is 0.841. The fourth-order valence-electron chi connectivity index (χ4n) is 2.72. The van der Waals surface area contributed by atoms with Crippen LogP contribution in [0.4, 0.5) is 4.39 Å². The Hall–Kier alpha value is -1.13. The second-order valence-electron chi connectivity index (χ2n) is 5.34. The number of rotatable bonds is 5. The summed E-state index contributed by atoms with van der Waals surface area (Å²) >= 11 is 0. The molecule has 1 aromatic carbocycles. The van der Waals surface area contributed by atoms with E-state index in [1.807, 2.05) is 0 Å². The molecular formula is C15H23FN2O. The summed E-state index contributed by atoms with van der Waals surface area (Å²) in [6.07, 6.45) is 2.43. The zero-order chi connectivity index (χ0) is 13.7. The van der Waals surface area contributed by atoms with Gasteiger partial charge in [0.1, 0.15) is 11.6 Å². The van der Waals surface area contributed by atoms with Gasteiger partial charge in [0.05, 0.1) is 0 Å². The van der Waals surface area contributed by atoms with Gasteiger partial charge in [0.2, 0.25) is 0 Å². The van der Waals surface area contributed by atoms with Crippen LogP contribution < -0.4 is 5.32 Å². The van der Waals surface area contributed by atoms with Crippen LogP contribution in [0.5, 0.6) is 5.75 Å². The summed E-state index contributed by atoms with van der Waals surface area (Å²) in [4.78, 5) is 2.32. The van der Waals surface area contributed by atoms with Crippen LogP contribution in [0.2, 0.25) is 0 Å². The summed E-state index contributed by atoms with van der Waals surface area (Å²) in [7, 11) is 0. The van der Waals surface area contributed by atoms with Crippen molar-refractivity contribution < 1.29 is 9.50 Å². The Morgan fingerprint density at radius 1 is 1.32 bits per heavy atom. The number of hydrogen-bond acceptors (Lipinski definition) is 3. The Morgan fingerprint density at radius 2 is 2.05 bits per heavy atom. The minimum Gasteiger partial charge on any atom is -0.508 e. The first kappa shape index (κ1) is 14.3. The van der Waals surface area contributed by atoms with Crippen LogP contribution in [0.3, 0.4) is 0 Å². The highest BCUT2D eigenvalue weighted by Gasteiger charge is 2.16. The SMILES string of the molecule is CCN(Cc1cc(O)cc(F)c1)CC1CCNCC1. The minimum absolute atomic E-state index is 0.00733. The monoisotopic (exact) mass is 266 g/mol. The third-order valence-corrected chi connectivity index (χ3v) is 3.77. The Balaban J connectivity index is 1.93. The lowest BCUT2D eigenvalue weighted by atomic mass is 9.97. The van der Waals surface area contributed by atoms with Gasteiger partial charge in [0.15, 0.2) is 0 Å². The van der Waals surface area contributed by atoms with Gasteiger partial charge in [-0.2, -0.15) is 0 Å². The van der Waals surface area contributed by atoms with E-state index in [0.717, 1.165) is 43.7 Å². The van der Waals surface area contributed by atoms with Gasteiger partial charge in [-0.15, -0.1) is 0 Å². The van der Waals surface area contributed by atoms with E-state index in [2.05, 4.69) is 17.1 Å². The van der Waals surface area contributed by atoms with E-state index in [9.17, 15) is 9.50 Å². The van der Waals surface area contributed by atoms with E-state index in [0.29, 0.717) is 6.54 Å². The smallest absolute Gasteiger partial charge is 0.127 e. The highest BCUT2D eigenvalue weighted by Crippen LogP contribution is 2.18. The molecule has 0 aromatic heterocycles. The molecule has 1 heterocycles. The third kappa shape index (κ3) is 4.48. The Morgan fingerprint density at radius 3 is 2.68 bits per heavy atom. The number of benzene rings is 1. The van der Waals surface area contributed by atoms with E-state index in [1.54, 1.807) is 6.07 Å². The van der Waals surface area contributed by atoms with E-state index in [4.69, 9.17) is 0 Å². The number of phenols is 1. The minimum atomic E-state index is -0.368. The van der Waals surface area contributed by atoms with Gasteiger partial charge in [-0.1, -0.05) is 6.92 Å². The number of aromatic hydroxyl groups is 1. The quantitative estimate of drug-likeness (QED) is 0.859. The maximum absolute atomic E-state index is 13.3. The molecule has 0 saturated carbocycles. The van der Waals surface area contributed by atoms with E-state index >= 15 is 0 Å². The van der Waals surface area contributed by atoms with Crippen molar-refractivity contribution in [2.75, 3.05) is 26.2 Å². The van der Waals surface area contributed by atoms with Crippen LogP contribution in [0.1, 0.15) is 25.3 Å². The third-order valence-electron chi connectivity index (χ3n) is 3.77. The molecule has 2 N–H and O–H groups in total. The predicted octanol–water partition coefficient (Wildman–Crippen LogP) is 2.35. The second kappa shape index (κ2) is 6.87. The van der Waals surface area contributed by atoms with Crippen molar-refractivity contribution in [3.8, 4) is 5.75 Å². The summed E-state index contributed by atoms with van der Waals surface area (Å²) < 4.78 is 13.3. The molecule has 0 unspecified atom stereocenters. The molecule has 0 bridgehead atoms. The van der Waals surface area contributed by atoms with Crippen LogP contribution in [-0.2, 0) is 6.54 Å². The molecule has 1 aliphatic rings. The van der Waals surface area contributed by atoms with Crippen LogP contribution in [0, 0.1) is 11.7 Å². The number of phenolic OH excluding ortho intramolecular Hbond substituents is 1. The second-order valence-corrected chi connectivity index (χ2v) is 5.34. The van der Waals surface area contributed by atoms with Crippen LogP contribution >= 0.6 is 0 Å². The molecule has 4 heteroatoms. The lowest BCUT2D eigenvalue weighted by Gasteiger charge is -2.29. The van der Waals surface area contributed by atoms with Crippen molar-refractivity contribution in [3.05, 3.63) is 29.6 Å². The lowest BCUT2D eigenvalue weighted by molar-refractivity contribution is 0.206. The number of hydrogen-bond donors (Lipinski definition) is 2. The molecule has 2 rings (SSSR count). The molecule has 3 nitrogen and oxygen atoms in total. The fourth-order valence-corrected chi connectivity index (χ4v) is 2.72. The molecule has 1 aromatic rings. The summed E-state index contributed by atoms with van der Waals surface area (Å²) in [5.74, 6) is 0.365. The van der Waals surface area contributed by atoms with Gasteiger partial charge < -0.3 is 10.4 Å². The average molecular weight is 266 g/mol. The highest BCUT2D eigenvalue weighted by atomic mass is 19.1. The molecule has 0 aliphatic carbocycles. The number of nitrogens with zero attached hydrogens (tertiary/aromatic N) is 1. The summed E-state index contributed by atoms with van der Waals surface area (Å²) in [5, 5.41) is 12.8. The number of piperidine rings is 1. The standard InChI is InChI=1S/C15H23FN2O/c1-2-18(10-12-3-5-17-6-4-12)11-13-7-14(16)9-15(19)8-13/h7-9,12,17,19H,2-6,10-11H2,1H3. The summed E-state index contributed by atoms with van der Waals surface area (Å²) in [6, 6.07) is 4.30. The topological polar surface area (TPSA) is 35.5 Å². The van der Waals surface area contributed by atoms with Crippen molar-refractivity contribution in [2.24, 2.45) is 5.92 Å². The van der Waals surface area contributed by atoms with E-state index < -0.39 is 0 Å². The van der Waals surface area contributed by atoms with Gasteiger partial charge in [-0.05, 0) is 56.1 Å². The van der Waals surface area contributed by atoms with Crippen LogP contribution in [0.15, 0.2) is 18.2 Å². The first-order valence-corrected chi connectivity index (χ1v) is 7.09. The average Bonchev–Trinajstić information content (AvgIpc) is 2.38. The Kier molecular flexibility index (Phi) is 5.16. The van der Waals surface area contributed by atoms with Crippen molar-refractivity contribution in [3.63, 3.8) is 0 Å². The van der Waals surface area contributed by atoms with Crippen molar-refractivity contribution in [2.45, 2.75) is 26.3 Å². The summed E-state index contributed by atoms with van der Waals surface area (Å²) in [6.45, 7) is 7.02. The van der Waals surface area contributed by atoms with Gasteiger partial charge in [0, 0.05) is 19.2 Å². The van der Waals surface area contributed by atoms with Crippen molar-refractivity contribution in [1.29, 1.82) is 0 Å². The molecule has 1 fully saturated rings. The zero-order valence-corrected chi connectivity index (χ0v) is 11.5. The predicted molar refractivity (Wildman–Crippen MR) is 74.6 cm³/mol. The Labute approximate surface area is 114 Å². The van der Waals surface area contributed by atoms with Gasteiger partial charge in [-0.3, -0.25) is 4.90 Å². The van der Waals surface area contributed by atoms with Gasteiger partial charge >= 0.3 is 0 Å². The molecule has 19 heavy (non-hydrogen) atoms. The van der Waals surface area contributed by atoms with Crippen LogP contribution in [-0.4, -0.2) is 36.2 Å². The molecular weight excluding hydrogens is 243 g/mol. The van der Waals surface area contributed by atoms with Gasteiger partial charge in [-0.25, -0.2) is 4.39 Å². The van der Waals surface area contributed by atoms with Crippen molar-refractivity contribution in [1.82, 2.24) is 10.2 Å². The van der Waals surface area contributed by atoms with Crippen molar-refractivity contribution >= 4 is 0 Å². The molecule has 0 spiro atoms. The largest absolute Gasteiger partial charge is 0.508 e. The molecule has 106 valence electrons. The molecule has 1 aliphatic heterocycles. The lowest BCUT2D eigenvalue weighted by Crippen LogP contribution is -2.35. The maximum atomic E-state index is 13.3. The van der Waals surface area contributed by atoms with Gasteiger partial charge in [0.25, 0.3) is 0 Å². The number of halogens is 1. The highest BCUT2D eigenvalue weighted by molar-refractivity contribution is 5.28. The first-order valence-electron chi connectivity index (χ1n) is 7.09. The zero-order valence-electron chi connectivity index (χ0n) is 11.5. The Bertz CT molecular complexity index is 385. The normalized spacial score (nSPS) is 17.0. The molecule has 0 atom stereocenters. The van der Waals surface area contributed by atoms with E-state index in [1.165, 1.54) is 18.9 Å². The van der Waals surface area contributed by atoms with Crippen LogP contribution in [0.25, 0.3) is 0 Å². The fraction of sp³-hybridized carbons (Fsp3) is 0.600. The molecule has 1 saturated heterocycles. The molecule has 0 radical (unpaired) electrons. The first-order chi connectivity index (χ1) is 9.17. The number of nitrogens with one attached hydrogen (secondary N) is 1.